The number of carboxylic acids is 1. The Hall–Kier alpha value is -1.58. The van der Waals surface area contributed by atoms with E-state index >= 15 is 0 Å². The third-order valence-corrected chi connectivity index (χ3v) is 5.44. The summed E-state index contributed by atoms with van der Waals surface area (Å²) in [5.41, 5.74) is 0.480. The molecule has 4 nitrogen and oxygen atoms in total. The summed E-state index contributed by atoms with van der Waals surface area (Å²) in [7, 11) is 0. The van der Waals surface area contributed by atoms with Crippen molar-refractivity contribution in [2.75, 3.05) is 5.32 Å². The fraction of sp³-hybridized carbons (Fsp3) is 0.625. The number of carbonyl (C=O) groups is 1. The van der Waals surface area contributed by atoms with E-state index < -0.39 is 5.97 Å². The highest BCUT2D eigenvalue weighted by molar-refractivity contribution is 5.87. The minimum absolute atomic E-state index is 0.229. The molecule has 1 aromatic heterocycles. The molecule has 4 aliphatic rings. The van der Waals surface area contributed by atoms with Crippen molar-refractivity contribution in [3.63, 3.8) is 0 Å². The smallest absolute Gasteiger partial charge is 0.337 e. The Morgan fingerprint density at radius 2 is 1.75 bits per heavy atom. The van der Waals surface area contributed by atoms with Crippen molar-refractivity contribution in [1.82, 2.24) is 4.98 Å². The van der Waals surface area contributed by atoms with Crippen molar-refractivity contribution in [2.45, 2.75) is 44.1 Å². The first-order valence-electron chi connectivity index (χ1n) is 7.59. The summed E-state index contributed by atoms with van der Waals surface area (Å²) in [6, 6.07) is 3.44. The van der Waals surface area contributed by atoms with Crippen LogP contribution in [0.4, 0.5) is 5.82 Å². The second-order valence-corrected chi connectivity index (χ2v) is 7.06. The van der Waals surface area contributed by atoms with Crippen LogP contribution in [0, 0.1) is 17.8 Å². The van der Waals surface area contributed by atoms with Crippen molar-refractivity contribution >= 4 is 11.8 Å². The quantitative estimate of drug-likeness (QED) is 0.887. The Labute approximate surface area is 118 Å². The van der Waals surface area contributed by atoms with E-state index in [1.54, 1.807) is 6.07 Å². The molecule has 0 aromatic carbocycles. The fourth-order valence-electron chi connectivity index (χ4n) is 5.13. The molecule has 4 fully saturated rings. The van der Waals surface area contributed by atoms with E-state index in [0.717, 1.165) is 23.6 Å². The van der Waals surface area contributed by atoms with Gasteiger partial charge < -0.3 is 10.4 Å². The number of aromatic nitrogens is 1. The molecule has 20 heavy (non-hydrogen) atoms. The molecule has 1 aromatic rings. The summed E-state index contributed by atoms with van der Waals surface area (Å²) in [5, 5.41) is 12.6. The van der Waals surface area contributed by atoms with Crippen LogP contribution in [0.1, 0.15) is 48.9 Å². The van der Waals surface area contributed by atoms with E-state index in [0.29, 0.717) is 0 Å². The second kappa shape index (κ2) is 4.21. The van der Waals surface area contributed by atoms with Gasteiger partial charge in [-0.1, -0.05) is 0 Å². The number of carboxylic acid groups (broad SMARTS) is 1. The highest BCUT2D eigenvalue weighted by atomic mass is 16.4. The van der Waals surface area contributed by atoms with Crippen LogP contribution in [0.15, 0.2) is 18.3 Å². The van der Waals surface area contributed by atoms with Gasteiger partial charge in [-0.2, -0.15) is 0 Å². The zero-order chi connectivity index (χ0) is 13.7. The molecular weight excluding hydrogens is 252 g/mol. The molecule has 106 valence electrons. The predicted octanol–water partition coefficient (Wildman–Crippen LogP) is 3.16. The van der Waals surface area contributed by atoms with Gasteiger partial charge in [0.05, 0.1) is 5.56 Å². The molecule has 4 aliphatic carbocycles. The van der Waals surface area contributed by atoms with Crippen LogP contribution in [0.5, 0.6) is 0 Å². The number of hydrogen-bond acceptors (Lipinski definition) is 3. The van der Waals surface area contributed by atoms with Crippen molar-refractivity contribution in [2.24, 2.45) is 17.8 Å². The Bertz CT molecular complexity index is 503. The van der Waals surface area contributed by atoms with Gasteiger partial charge in [0.1, 0.15) is 5.82 Å². The summed E-state index contributed by atoms with van der Waals surface area (Å²) in [6.45, 7) is 0. The molecule has 4 heteroatoms. The molecule has 2 N–H and O–H groups in total. The number of pyridine rings is 1. The number of aromatic carboxylic acids is 1. The Morgan fingerprint density at radius 1 is 1.15 bits per heavy atom. The Kier molecular flexibility index (Phi) is 2.56. The van der Waals surface area contributed by atoms with Gasteiger partial charge in [-0.25, -0.2) is 9.78 Å². The predicted molar refractivity (Wildman–Crippen MR) is 75.7 cm³/mol. The van der Waals surface area contributed by atoms with Gasteiger partial charge in [0.2, 0.25) is 0 Å². The van der Waals surface area contributed by atoms with Crippen LogP contribution in [-0.2, 0) is 0 Å². The SMILES string of the molecule is O=C(O)c1ccc(NC23CC4CC(CC(C4)C2)C3)nc1. The number of rotatable bonds is 3. The maximum absolute atomic E-state index is 10.9. The first-order chi connectivity index (χ1) is 9.62. The van der Waals surface area contributed by atoms with Crippen LogP contribution < -0.4 is 5.32 Å². The lowest BCUT2D eigenvalue weighted by Crippen LogP contribution is -2.54. The summed E-state index contributed by atoms with van der Waals surface area (Å²) in [5.74, 6) is 2.60. The van der Waals surface area contributed by atoms with Crippen LogP contribution in [0.2, 0.25) is 0 Å². The third kappa shape index (κ3) is 1.98. The molecule has 0 spiro atoms. The fourth-order valence-corrected chi connectivity index (χ4v) is 5.13. The summed E-state index contributed by atoms with van der Waals surface area (Å²) in [6.07, 6.45) is 9.51. The van der Waals surface area contributed by atoms with Crippen molar-refractivity contribution in [3.05, 3.63) is 23.9 Å². The number of nitrogens with zero attached hydrogens (tertiary/aromatic N) is 1. The number of nitrogens with one attached hydrogen (secondary N) is 1. The molecule has 0 atom stereocenters. The van der Waals surface area contributed by atoms with E-state index in [1.807, 2.05) is 6.07 Å². The van der Waals surface area contributed by atoms with Gasteiger partial charge in [0.25, 0.3) is 0 Å². The topological polar surface area (TPSA) is 62.2 Å². The third-order valence-electron chi connectivity index (χ3n) is 5.44. The van der Waals surface area contributed by atoms with Crippen LogP contribution in [-0.4, -0.2) is 21.6 Å². The average Bonchev–Trinajstić information content (AvgIpc) is 2.37. The summed E-state index contributed by atoms with van der Waals surface area (Å²) in [4.78, 5) is 15.1. The molecule has 0 saturated heterocycles. The second-order valence-electron chi connectivity index (χ2n) is 7.06. The van der Waals surface area contributed by atoms with Gasteiger partial charge >= 0.3 is 5.97 Å². The Balaban J connectivity index is 1.55. The molecule has 0 radical (unpaired) electrons. The molecule has 0 amide bonds. The normalized spacial score (nSPS) is 37.9. The van der Waals surface area contributed by atoms with Crippen LogP contribution in [0.25, 0.3) is 0 Å². The monoisotopic (exact) mass is 272 g/mol. The van der Waals surface area contributed by atoms with Gasteiger partial charge in [-0.15, -0.1) is 0 Å². The zero-order valence-corrected chi connectivity index (χ0v) is 11.5. The maximum Gasteiger partial charge on any atom is 0.337 e. The van der Waals surface area contributed by atoms with E-state index in [-0.39, 0.29) is 11.1 Å². The van der Waals surface area contributed by atoms with Crippen LogP contribution in [0.3, 0.4) is 0 Å². The average molecular weight is 272 g/mol. The number of anilines is 1. The summed E-state index contributed by atoms with van der Waals surface area (Å²) >= 11 is 0. The molecule has 5 rings (SSSR count). The Morgan fingerprint density at radius 3 is 2.20 bits per heavy atom. The molecule has 4 bridgehead atoms. The first-order valence-corrected chi connectivity index (χ1v) is 7.59. The van der Waals surface area contributed by atoms with Crippen molar-refractivity contribution < 1.29 is 9.90 Å². The molecule has 0 aliphatic heterocycles. The van der Waals surface area contributed by atoms with E-state index in [4.69, 9.17) is 5.11 Å². The maximum atomic E-state index is 10.9. The number of hydrogen-bond donors (Lipinski definition) is 2. The molecule has 0 unspecified atom stereocenters. The minimum Gasteiger partial charge on any atom is -0.478 e. The minimum atomic E-state index is -0.918. The van der Waals surface area contributed by atoms with Crippen LogP contribution >= 0.6 is 0 Å². The van der Waals surface area contributed by atoms with E-state index in [9.17, 15) is 4.79 Å². The first kappa shape index (κ1) is 12.2. The standard InChI is InChI=1S/C16H20N2O2/c19-15(20)13-1-2-14(17-9-13)18-16-6-10-3-11(7-16)5-12(4-10)8-16/h1-2,9-12H,3-8H2,(H,17,18)(H,19,20). The van der Waals surface area contributed by atoms with Gasteiger partial charge in [-0.3, -0.25) is 0 Å². The lowest BCUT2D eigenvalue weighted by molar-refractivity contribution is 0.0105. The van der Waals surface area contributed by atoms with Crippen molar-refractivity contribution in [1.29, 1.82) is 0 Å². The van der Waals surface area contributed by atoms with E-state index in [2.05, 4.69) is 10.3 Å². The largest absolute Gasteiger partial charge is 0.478 e. The van der Waals surface area contributed by atoms with Crippen molar-refractivity contribution in [3.8, 4) is 0 Å². The van der Waals surface area contributed by atoms with Gasteiger partial charge in [-0.05, 0) is 68.4 Å². The van der Waals surface area contributed by atoms with Gasteiger partial charge in [0, 0.05) is 11.7 Å². The highest BCUT2D eigenvalue weighted by Crippen LogP contribution is 2.56. The lowest BCUT2D eigenvalue weighted by Gasteiger charge is -2.57. The van der Waals surface area contributed by atoms with E-state index in [1.165, 1.54) is 44.7 Å². The molecule has 1 heterocycles. The molecular formula is C16H20N2O2. The zero-order valence-electron chi connectivity index (χ0n) is 11.5. The lowest BCUT2D eigenvalue weighted by atomic mass is 9.53. The highest BCUT2D eigenvalue weighted by Gasteiger charge is 2.50. The molecule has 4 saturated carbocycles. The van der Waals surface area contributed by atoms with Gasteiger partial charge in [0.15, 0.2) is 0 Å². The summed E-state index contributed by atoms with van der Waals surface area (Å²) < 4.78 is 0.